The molecular formula is C22H31N5O4S2. The van der Waals surface area contributed by atoms with Crippen molar-refractivity contribution in [2.45, 2.75) is 38.5 Å². The molecule has 1 aliphatic heterocycles. The summed E-state index contributed by atoms with van der Waals surface area (Å²) in [6.45, 7) is 9.45. The van der Waals surface area contributed by atoms with Crippen molar-refractivity contribution in [3.63, 3.8) is 0 Å². The average molecular weight is 494 g/mol. The summed E-state index contributed by atoms with van der Waals surface area (Å²) in [6, 6.07) is 8.58. The lowest BCUT2D eigenvalue weighted by molar-refractivity contribution is 0.0985. The van der Waals surface area contributed by atoms with E-state index in [1.54, 1.807) is 44.2 Å². The molecule has 1 aromatic heterocycles. The van der Waals surface area contributed by atoms with Crippen molar-refractivity contribution in [2.24, 2.45) is 0 Å². The lowest BCUT2D eigenvalue weighted by atomic mass is 10.1. The fourth-order valence-electron chi connectivity index (χ4n) is 3.37. The number of thiol groups is 1. The average Bonchev–Trinajstić information content (AvgIpc) is 2.78. The molecule has 1 atom stereocenters. The third kappa shape index (κ3) is 5.42. The fraction of sp³-hybridized carbons (Fsp3) is 0.500. The first-order chi connectivity index (χ1) is 15.5. The number of nitrogens with one attached hydrogen (secondary N) is 1. The number of benzene rings is 1. The van der Waals surface area contributed by atoms with Gasteiger partial charge >= 0.3 is 6.03 Å². The number of sulfone groups is 1. The van der Waals surface area contributed by atoms with Gasteiger partial charge in [-0.3, -0.25) is 0 Å². The molecule has 0 bridgehead atoms. The van der Waals surface area contributed by atoms with Gasteiger partial charge in [0.1, 0.15) is 10.6 Å². The standard InChI is InChI=1S/C22H31N5O4S2/c1-6-23-21(28)27(32)17-9-7-16(8-10-17)20-24-18(22(3,4)33(5,29)30)13-19(25-20)26-11-12-31-14-15(26)2/h7-10,13,15,32H,6,11-12,14H2,1-5H3,(H,23,28)/t15-/m0/s1. The van der Waals surface area contributed by atoms with Crippen molar-refractivity contribution in [1.29, 1.82) is 0 Å². The lowest BCUT2D eigenvalue weighted by Crippen LogP contribution is -2.44. The van der Waals surface area contributed by atoms with Gasteiger partial charge < -0.3 is 15.0 Å². The largest absolute Gasteiger partial charge is 0.377 e. The molecule has 0 radical (unpaired) electrons. The highest BCUT2D eigenvalue weighted by atomic mass is 32.2. The Kier molecular flexibility index (Phi) is 7.55. The molecule has 11 heteroatoms. The van der Waals surface area contributed by atoms with Crippen LogP contribution in [0.4, 0.5) is 16.3 Å². The Morgan fingerprint density at radius 3 is 2.55 bits per heavy atom. The van der Waals surface area contributed by atoms with E-state index in [1.165, 1.54) is 10.6 Å². The number of hydrogen-bond acceptors (Lipinski definition) is 8. The molecule has 33 heavy (non-hydrogen) atoms. The summed E-state index contributed by atoms with van der Waals surface area (Å²) < 4.78 is 30.7. The van der Waals surface area contributed by atoms with Crippen LogP contribution < -0.4 is 14.5 Å². The maximum absolute atomic E-state index is 12.5. The second kappa shape index (κ2) is 9.86. The molecule has 0 spiro atoms. The molecular weight excluding hydrogens is 462 g/mol. The van der Waals surface area contributed by atoms with E-state index >= 15 is 0 Å². The molecule has 9 nitrogen and oxygen atoms in total. The van der Waals surface area contributed by atoms with Crippen LogP contribution in [0, 0.1) is 0 Å². The first-order valence-corrected chi connectivity index (χ1v) is 13.1. The number of anilines is 2. The molecule has 2 amide bonds. The van der Waals surface area contributed by atoms with E-state index in [1.807, 2.05) is 13.8 Å². The fourth-order valence-corrected chi connectivity index (χ4v) is 4.06. The van der Waals surface area contributed by atoms with Gasteiger partial charge in [0.2, 0.25) is 0 Å². The topological polar surface area (TPSA) is 105 Å². The van der Waals surface area contributed by atoms with E-state index < -0.39 is 14.6 Å². The summed E-state index contributed by atoms with van der Waals surface area (Å²) in [4.78, 5) is 23.6. The Morgan fingerprint density at radius 1 is 1.30 bits per heavy atom. The number of amides is 2. The van der Waals surface area contributed by atoms with Crippen molar-refractivity contribution < 1.29 is 17.9 Å². The van der Waals surface area contributed by atoms with Gasteiger partial charge in [0.25, 0.3) is 0 Å². The van der Waals surface area contributed by atoms with Crippen molar-refractivity contribution in [1.82, 2.24) is 15.3 Å². The van der Waals surface area contributed by atoms with E-state index in [4.69, 9.17) is 9.72 Å². The minimum Gasteiger partial charge on any atom is -0.377 e. The van der Waals surface area contributed by atoms with E-state index in [0.29, 0.717) is 54.9 Å². The molecule has 0 aliphatic carbocycles. The minimum atomic E-state index is -3.44. The van der Waals surface area contributed by atoms with Crippen LogP contribution in [0.25, 0.3) is 11.4 Å². The number of ether oxygens (including phenoxy) is 1. The third-order valence-corrected chi connectivity index (χ3v) is 8.28. The van der Waals surface area contributed by atoms with E-state index in [9.17, 15) is 13.2 Å². The molecule has 2 heterocycles. The van der Waals surface area contributed by atoms with Gasteiger partial charge in [-0.15, -0.1) is 0 Å². The Morgan fingerprint density at radius 2 is 1.97 bits per heavy atom. The number of hydrogen-bond donors (Lipinski definition) is 2. The molecule has 1 fully saturated rings. The number of nitrogens with zero attached hydrogens (tertiary/aromatic N) is 4. The number of aromatic nitrogens is 2. The zero-order valence-corrected chi connectivity index (χ0v) is 21.3. The molecule has 0 unspecified atom stereocenters. The molecule has 3 rings (SSSR count). The zero-order valence-electron chi connectivity index (χ0n) is 19.6. The molecule has 2 aromatic rings. The van der Waals surface area contributed by atoms with Crippen LogP contribution in [0.3, 0.4) is 0 Å². The SMILES string of the molecule is CCNC(=O)N(S)c1ccc(-c2nc(N3CCOC[C@@H]3C)cc(C(C)(C)S(C)(=O)=O)n2)cc1. The number of carbonyl (C=O) groups is 1. The Balaban J connectivity index is 2.06. The molecule has 1 saturated heterocycles. The highest BCUT2D eigenvalue weighted by molar-refractivity contribution is 7.91. The Labute approximate surface area is 201 Å². The van der Waals surface area contributed by atoms with Crippen molar-refractivity contribution in [3.8, 4) is 11.4 Å². The van der Waals surface area contributed by atoms with Crippen LogP contribution in [-0.4, -0.2) is 63.0 Å². The maximum atomic E-state index is 12.5. The first kappa shape index (κ1) is 25.3. The molecule has 0 saturated carbocycles. The zero-order chi connectivity index (χ0) is 24.4. The van der Waals surface area contributed by atoms with Gasteiger partial charge in [0.15, 0.2) is 15.7 Å². The van der Waals surface area contributed by atoms with E-state index in [-0.39, 0.29) is 12.1 Å². The number of carbonyl (C=O) groups excluding carboxylic acids is 1. The van der Waals surface area contributed by atoms with Crippen LogP contribution in [-0.2, 0) is 19.3 Å². The van der Waals surface area contributed by atoms with E-state index in [0.717, 1.165) is 0 Å². The molecule has 1 aromatic carbocycles. The molecule has 1 aliphatic rings. The Bertz CT molecular complexity index is 1110. The number of rotatable bonds is 6. The second-order valence-electron chi connectivity index (χ2n) is 8.53. The van der Waals surface area contributed by atoms with Crippen LogP contribution in [0.1, 0.15) is 33.4 Å². The predicted molar refractivity (Wildman–Crippen MR) is 134 cm³/mol. The third-order valence-electron chi connectivity index (χ3n) is 5.81. The van der Waals surface area contributed by atoms with Gasteiger partial charge in [-0.05, 0) is 52.0 Å². The summed E-state index contributed by atoms with van der Waals surface area (Å²) in [5.41, 5.74) is 1.71. The second-order valence-corrected chi connectivity index (χ2v) is 11.5. The highest BCUT2D eigenvalue weighted by Crippen LogP contribution is 2.33. The summed E-state index contributed by atoms with van der Waals surface area (Å²) in [5.74, 6) is 1.07. The number of urea groups is 1. The monoisotopic (exact) mass is 493 g/mol. The minimum absolute atomic E-state index is 0.0906. The molecule has 180 valence electrons. The van der Waals surface area contributed by atoms with Gasteiger partial charge in [-0.25, -0.2) is 27.5 Å². The highest BCUT2D eigenvalue weighted by Gasteiger charge is 2.35. The summed E-state index contributed by atoms with van der Waals surface area (Å²) in [5, 5.41) is 2.69. The quantitative estimate of drug-likeness (QED) is 0.596. The lowest BCUT2D eigenvalue weighted by Gasteiger charge is -2.35. The van der Waals surface area contributed by atoms with Crippen LogP contribution in [0.5, 0.6) is 0 Å². The Hall–Kier alpha value is -2.37. The van der Waals surface area contributed by atoms with Gasteiger partial charge in [0, 0.05) is 31.0 Å². The summed E-state index contributed by atoms with van der Waals surface area (Å²) >= 11 is 4.26. The van der Waals surface area contributed by atoms with Gasteiger partial charge in [-0.1, -0.05) is 12.8 Å². The summed E-state index contributed by atoms with van der Waals surface area (Å²) in [7, 11) is -3.44. The van der Waals surface area contributed by atoms with Gasteiger partial charge in [0.05, 0.1) is 30.6 Å². The van der Waals surface area contributed by atoms with Crippen LogP contribution in [0.15, 0.2) is 30.3 Å². The van der Waals surface area contributed by atoms with Crippen molar-refractivity contribution in [3.05, 3.63) is 36.0 Å². The van der Waals surface area contributed by atoms with Crippen LogP contribution >= 0.6 is 12.8 Å². The van der Waals surface area contributed by atoms with Crippen molar-refractivity contribution in [2.75, 3.05) is 41.8 Å². The van der Waals surface area contributed by atoms with E-state index in [2.05, 4.69) is 28.0 Å². The normalized spacial score (nSPS) is 17.0. The maximum Gasteiger partial charge on any atom is 0.331 e. The first-order valence-electron chi connectivity index (χ1n) is 10.8. The van der Waals surface area contributed by atoms with Crippen LogP contribution in [0.2, 0.25) is 0 Å². The summed E-state index contributed by atoms with van der Waals surface area (Å²) in [6.07, 6.45) is 1.21. The predicted octanol–water partition coefficient (Wildman–Crippen LogP) is 3.03. The number of morpholine rings is 1. The van der Waals surface area contributed by atoms with Gasteiger partial charge in [-0.2, -0.15) is 0 Å². The molecule has 1 N–H and O–H groups in total. The van der Waals surface area contributed by atoms with Crippen molar-refractivity contribution >= 4 is 40.2 Å². The smallest absolute Gasteiger partial charge is 0.331 e.